The van der Waals surface area contributed by atoms with E-state index in [2.05, 4.69) is 5.32 Å². The SMILES string of the molecule is CC(C)C[C@H](NC(=O)[C@@H](C)NC(=O)C(F)(F)F)C(=O)O. The van der Waals surface area contributed by atoms with Gasteiger partial charge in [-0.1, -0.05) is 13.8 Å². The van der Waals surface area contributed by atoms with Crippen LogP contribution < -0.4 is 10.6 Å². The number of carboxylic acid groups (broad SMARTS) is 1. The zero-order valence-electron chi connectivity index (χ0n) is 11.2. The van der Waals surface area contributed by atoms with Crippen molar-refractivity contribution in [1.29, 1.82) is 0 Å². The average molecular weight is 298 g/mol. The number of carboxylic acids is 1. The van der Waals surface area contributed by atoms with E-state index in [9.17, 15) is 27.6 Å². The molecule has 6 nitrogen and oxygen atoms in total. The molecule has 0 rings (SSSR count). The second-order valence-electron chi connectivity index (χ2n) is 4.72. The van der Waals surface area contributed by atoms with Crippen LogP contribution in [0.15, 0.2) is 0 Å². The number of carbonyl (C=O) groups is 3. The number of halogens is 3. The first kappa shape index (κ1) is 18.2. The van der Waals surface area contributed by atoms with Crippen molar-refractivity contribution in [2.45, 2.75) is 45.5 Å². The predicted octanol–water partition coefficient (Wildman–Crippen LogP) is 0.669. The number of carbonyl (C=O) groups excluding carboxylic acids is 2. The van der Waals surface area contributed by atoms with Crippen molar-refractivity contribution in [3.8, 4) is 0 Å². The monoisotopic (exact) mass is 298 g/mol. The second-order valence-corrected chi connectivity index (χ2v) is 4.72. The average Bonchev–Trinajstić information content (AvgIpc) is 2.25. The number of nitrogens with one attached hydrogen (secondary N) is 2. The third-order valence-corrected chi connectivity index (χ3v) is 2.32. The maximum atomic E-state index is 12.0. The van der Waals surface area contributed by atoms with Gasteiger partial charge < -0.3 is 15.7 Å². The summed E-state index contributed by atoms with van der Waals surface area (Å²) in [4.78, 5) is 33.1. The molecule has 0 saturated heterocycles. The number of hydrogen-bond donors (Lipinski definition) is 3. The highest BCUT2D eigenvalue weighted by molar-refractivity contribution is 5.91. The molecule has 0 aromatic carbocycles. The first-order chi connectivity index (χ1) is 8.95. The van der Waals surface area contributed by atoms with Gasteiger partial charge in [0.15, 0.2) is 0 Å². The maximum absolute atomic E-state index is 12.0. The molecular formula is C11H17F3N2O4. The van der Waals surface area contributed by atoms with E-state index in [1.54, 1.807) is 13.8 Å². The molecule has 9 heteroatoms. The number of alkyl halides is 3. The molecule has 116 valence electrons. The molecule has 0 saturated carbocycles. The molecule has 0 bridgehead atoms. The summed E-state index contributed by atoms with van der Waals surface area (Å²) in [5, 5.41) is 12.4. The third kappa shape index (κ3) is 6.39. The van der Waals surface area contributed by atoms with Crippen LogP contribution in [0, 0.1) is 5.92 Å². The summed E-state index contributed by atoms with van der Waals surface area (Å²) in [6.07, 6.45) is -4.97. The molecule has 2 amide bonds. The van der Waals surface area contributed by atoms with Gasteiger partial charge in [-0.2, -0.15) is 13.2 Å². The van der Waals surface area contributed by atoms with Gasteiger partial charge in [-0.05, 0) is 19.3 Å². The van der Waals surface area contributed by atoms with Crippen molar-refractivity contribution in [3.05, 3.63) is 0 Å². The summed E-state index contributed by atoms with van der Waals surface area (Å²) in [5.41, 5.74) is 0. The van der Waals surface area contributed by atoms with Crippen molar-refractivity contribution in [1.82, 2.24) is 10.6 Å². The Hall–Kier alpha value is -1.80. The fourth-order valence-corrected chi connectivity index (χ4v) is 1.33. The zero-order chi connectivity index (χ0) is 16.1. The Balaban J connectivity index is 4.58. The van der Waals surface area contributed by atoms with Gasteiger partial charge in [-0.3, -0.25) is 9.59 Å². The predicted molar refractivity (Wildman–Crippen MR) is 62.7 cm³/mol. The first-order valence-electron chi connectivity index (χ1n) is 5.86. The fraction of sp³-hybridized carbons (Fsp3) is 0.727. The molecule has 0 aliphatic rings. The lowest BCUT2D eigenvalue weighted by molar-refractivity contribution is -0.174. The van der Waals surface area contributed by atoms with Crippen LogP contribution in [0.4, 0.5) is 13.2 Å². The maximum Gasteiger partial charge on any atom is 0.471 e. The van der Waals surface area contributed by atoms with Gasteiger partial charge in [0.1, 0.15) is 12.1 Å². The van der Waals surface area contributed by atoms with Crippen LogP contribution in [-0.2, 0) is 14.4 Å². The summed E-state index contributed by atoms with van der Waals surface area (Å²) in [5.74, 6) is -4.57. The normalized spacial score (nSPS) is 14.6. The molecule has 0 aliphatic carbocycles. The van der Waals surface area contributed by atoms with Crippen LogP contribution in [0.5, 0.6) is 0 Å². The summed E-state index contributed by atoms with van der Waals surface area (Å²) in [6.45, 7) is 4.50. The van der Waals surface area contributed by atoms with Crippen LogP contribution in [0.1, 0.15) is 27.2 Å². The van der Waals surface area contributed by atoms with E-state index in [1.165, 1.54) is 5.32 Å². The molecule has 0 heterocycles. The molecular weight excluding hydrogens is 281 g/mol. The van der Waals surface area contributed by atoms with Crippen LogP contribution in [-0.4, -0.2) is 41.2 Å². The lowest BCUT2D eigenvalue weighted by Crippen LogP contribution is -2.52. The van der Waals surface area contributed by atoms with E-state index >= 15 is 0 Å². The van der Waals surface area contributed by atoms with Gasteiger partial charge in [0.05, 0.1) is 0 Å². The molecule has 0 unspecified atom stereocenters. The summed E-state index contributed by atoms with van der Waals surface area (Å²) in [7, 11) is 0. The van der Waals surface area contributed by atoms with Gasteiger partial charge in [0.2, 0.25) is 5.91 Å². The molecule has 2 atom stereocenters. The van der Waals surface area contributed by atoms with E-state index in [0.29, 0.717) is 0 Å². The highest BCUT2D eigenvalue weighted by Crippen LogP contribution is 2.14. The molecule has 0 spiro atoms. The largest absolute Gasteiger partial charge is 0.480 e. The molecule has 0 radical (unpaired) electrons. The second kappa shape index (κ2) is 7.11. The van der Waals surface area contributed by atoms with Crippen LogP contribution in [0.25, 0.3) is 0 Å². The van der Waals surface area contributed by atoms with Crippen LogP contribution >= 0.6 is 0 Å². The van der Waals surface area contributed by atoms with Gasteiger partial charge in [-0.15, -0.1) is 0 Å². The van der Waals surface area contributed by atoms with Crippen LogP contribution in [0.3, 0.4) is 0 Å². The minimum Gasteiger partial charge on any atom is -0.480 e. The summed E-state index contributed by atoms with van der Waals surface area (Å²) >= 11 is 0. The fourth-order valence-electron chi connectivity index (χ4n) is 1.33. The Morgan fingerprint density at radius 1 is 1.10 bits per heavy atom. The molecule has 3 N–H and O–H groups in total. The zero-order valence-corrected chi connectivity index (χ0v) is 11.2. The smallest absolute Gasteiger partial charge is 0.471 e. The lowest BCUT2D eigenvalue weighted by atomic mass is 10.0. The van der Waals surface area contributed by atoms with E-state index in [4.69, 9.17) is 5.11 Å². The van der Waals surface area contributed by atoms with Crippen molar-refractivity contribution in [3.63, 3.8) is 0 Å². The Labute approximate surface area is 113 Å². The van der Waals surface area contributed by atoms with Gasteiger partial charge in [-0.25, -0.2) is 4.79 Å². The standard InChI is InChI=1S/C11H17F3N2O4/c1-5(2)4-7(9(18)19)16-8(17)6(3)15-10(20)11(12,13)14/h5-7H,4H2,1-3H3,(H,15,20)(H,16,17)(H,18,19)/t6-,7+/m1/s1. The minimum absolute atomic E-state index is 0.0310. The van der Waals surface area contributed by atoms with E-state index in [0.717, 1.165) is 6.92 Å². The lowest BCUT2D eigenvalue weighted by Gasteiger charge is -2.20. The van der Waals surface area contributed by atoms with Gasteiger partial charge in [0, 0.05) is 0 Å². The third-order valence-electron chi connectivity index (χ3n) is 2.32. The number of hydrogen-bond acceptors (Lipinski definition) is 3. The van der Waals surface area contributed by atoms with Crippen molar-refractivity contribution in [2.24, 2.45) is 5.92 Å². The highest BCUT2D eigenvalue weighted by Gasteiger charge is 2.40. The summed E-state index contributed by atoms with van der Waals surface area (Å²) < 4.78 is 36.0. The molecule has 0 aromatic rings. The Kier molecular flexibility index (Phi) is 6.47. The summed E-state index contributed by atoms with van der Waals surface area (Å²) in [6, 6.07) is -2.70. The van der Waals surface area contributed by atoms with Crippen molar-refractivity contribution in [2.75, 3.05) is 0 Å². The van der Waals surface area contributed by atoms with E-state index in [1.807, 2.05) is 0 Å². The molecule has 0 aromatic heterocycles. The molecule has 20 heavy (non-hydrogen) atoms. The Bertz CT molecular complexity index is 382. The Morgan fingerprint density at radius 3 is 1.95 bits per heavy atom. The first-order valence-corrected chi connectivity index (χ1v) is 5.86. The van der Waals surface area contributed by atoms with Gasteiger partial charge >= 0.3 is 18.1 Å². The number of rotatable bonds is 6. The minimum atomic E-state index is -5.10. The van der Waals surface area contributed by atoms with Crippen molar-refractivity contribution >= 4 is 17.8 Å². The topological polar surface area (TPSA) is 95.5 Å². The molecule has 0 aliphatic heterocycles. The highest BCUT2D eigenvalue weighted by atomic mass is 19.4. The van der Waals surface area contributed by atoms with E-state index < -0.39 is 36.0 Å². The molecule has 0 fully saturated rings. The van der Waals surface area contributed by atoms with E-state index in [-0.39, 0.29) is 12.3 Å². The quantitative estimate of drug-likeness (QED) is 0.671. The van der Waals surface area contributed by atoms with Crippen molar-refractivity contribution < 1.29 is 32.7 Å². The van der Waals surface area contributed by atoms with Gasteiger partial charge in [0.25, 0.3) is 0 Å². The number of amides is 2. The number of aliphatic carboxylic acids is 1. The van der Waals surface area contributed by atoms with Crippen LogP contribution in [0.2, 0.25) is 0 Å². The Morgan fingerprint density at radius 2 is 1.60 bits per heavy atom.